The highest BCUT2D eigenvalue weighted by Gasteiger charge is 2.41. The van der Waals surface area contributed by atoms with Gasteiger partial charge in [0.1, 0.15) is 11.7 Å². The first-order valence-electron chi connectivity index (χ1n) is 11.0. The molecule has 2 N–H and O–H groups in total. The fraction of sp³-hybridized carbons (Fsp3) is 0.545. The van der Waals surface area contributed by atoms with Gasteiger partial charge >= 0.3 is 6.03 Å². The molecule has 2 aromatic rings. The zero-order valence-electron chi connectivity index (χ0n) is 18.4. The van der Waals surface area contributed by atoms with E-state index < -0.39 is 0 Å². The highest BCUT2D eigenvalue weighted by Crippen LogP contribution is 2.42. The van der Waals surface area contributed by atoms with Gasteiger partial charge in [-0.2, -0.15) is 0 Å². The molecule has 0 aromatic carbocycles. The highest BCUT2D eigenvalue weighted by molar-refractivity contribution is 7.19. The van der Waals surface area contributed by atoms with Gasteiger partial charge in [0.2, 0.25) is 5.88 Å². The van der Waals surface area contributed by atoms with Gasteiger partial charge in [-0.3, -0.25) is 10.1 Å². The minimum Gasteiger partial charge on any atom is -0.471 e. The third-order valence-electron chi connectivity index (χ3n) is 6.32. The number of aromatic nitrogens is 2. The molecule has 1 saturated heterocycles. The van der Waals surface area contributed by atoms with Gasteiger partial charge in [0.15, 0.2) is 5.13 Å². The molecule has 0 bridgehead atoms. The molecule has 0 radical (unpaired) electrons. The van der Waals surface area contributed by atoms with E-state index in [0.29, 0.717) is 47.9 Å². The molecule has 1 unspecified atom stereocenters. The Balaban J connectivity index is 1.52. The summed E-state index contributed by atoms with van der Waals surface area (Å²) in [4.78, 5) is 37.1. The number of fused-ring (bicyclic) bond motifs is 1. The Bertz CT molecular complexity index is 1060. The van der Waals surface area contributed by atoms with E-state index in [4.69, 9.17) is 14.5 Å². The van der Waals surface area contributed by atoms with E-state index in [0.717, 1.165) is 22.6 Å². The van der Waals surface area contributed by atoms with Crippen LogP contribution >= 0.6 is 11.3 Å². The summed E-state index contributed by atoms with van der Waals surface area (Å²) in [5.41, 5.74) is 2.96. The Labute approximate surface area is 190 Å². The van der Waals surface area contributed by atoms with E-state index in [2.05, 4.69) is 22.5 Å². The van der Waals surface area contributed by atoms with E-state index in [1.165, 1.54) is 24.2 Å². The van der Waals surface area contributed by atoms with Crippen LogP contribution in [0.15, 0.2) is 6.07 Å². The number of nitrogens with one attached hydrogen (secondary N) is 2. The number of thiazole rings is 1. The number of pyridine rings is 1. The molecule has 0 spiro atoms. The van der Waals surface area contributed by atoms with Crippen LogP contribution in [0.2, 0.25) is 0 Å². The van der Waals surface area contributed by atoms with Gasteiger partial charge in [-0.15, -0.1) is 0 Å². The molecule has 4 heterocycles. The second-order valence-corrected chi connectivity index (χ2v) is 9.60. The van der Waals surface area contributed by atoms with E-state index in [9.17, 15) is 9.59 Å². The zero-order chi connectivity index (χ0) is 22.4. The first kappa shape index (κ1) is 21.1. The van der Waals surface area contributed by atoms with Gasteiger partial charge in [-0.1, -0.05) is 11.3 Å². The molecule has 1 aliphatic carbocycles. The Morgan fingerprint density at radius 3 is 2.84 bits per heavy atom. The van der Waals surface area contributed by atoms with Crippen LogP contribution in [0.3, 0.4) is 0 Å². The van der Waals surface area contributed by atoms with Gasteiger partial charge in [0, 0.05) is 26.1 Å². The summed E-state index contributed by atoms with van der Waals surface area (Å²) in [6.45, 7) is 5.71. The SMILES string of the molecule is CNC(=O)Nc1nc(C)c(-c2cc3c(c(OC4CCOC4)n2)C(=O)N([C@@H](C)C2CC2)C3)s1. The highest BCUT2D eigenvalue weighted by atomic mass is 32.1. The number of aryl methyl sites for hydroxylation is 1. The molecule has 5 rings (SSSR count). The molecule has 2 aliphatic heterocycles. The van der Waals surface area contributed by atoms with E-state index >= 15 is 0 Å². The maximum absolute atomic E-state index is 13.3. The summed E-state index contributed by atoms with van der Waals surface area (Å²) in [6.07, 6.45) is 3.01. The van der Waals surface area contributed by atoms with Crippen LogP contribution in [0.1, 0.15) is 47.8 Å². The van der Waals surface area contributed by atoms with Crippen molar-refractivity contribution in [1.82, 2.24) is 20.2 Å². The number of nitrogens with zero attached hydrogens (tertiary/aromatic N) is 3. The van der Waals surface area contributed by atoms with Crippen LogP contribution in [0, 0.1) is 12.8 Å². The Morgan fingerprint density at radius 1 is 1.34 bits per heavy atom. The van der Waals surface area contributed by atoms with Gasteiger partial charge in [-0.25, -0.2) is 14.8 Å². The monoisotopic (exact) mass is 457 g/mol. The lowest BCUT2D eigenvalue weighted by Crippen LogP contribution is -2.35. The second-order valence-electron chi connectivity index (χ2n) is 8.60. The van der Waals surface area contributed by atoms with Crippen LogP contribution in [-0.2, 0) is 11.3 Å². The number of hydrogen-bond donors (Lipinski definition) is 2. The van der Waals surface area contributed by atoms with Crippen molar-refractivity contribution in [1.29, 1.82) is 0 Å². The van der Waals surface area contributed by atoms with Gasteiger partial charge in [0.25, 0.3) is 5.91 Å². The van der Waals surface area contributed by atoms with Gasteiger partial charge in [-0.05, 0) is 44.2 Å². The lowest BCUT2D eigenvalue weighted by molar-refractivity contribution is 0.0690. The zero-order valence-corrected chi connectivity index (χ0v) is 19.3. The minimum absolute atomic E-state index is 0.00429. The van der Waals surface area contributed by atoms with Crippen molar-refractivity contribution in [3.63, 3.8) is 0 Å². The third-order valence-corrected chi connectivity index (χ3v) is 7.42. The number of rotatable bonds is 6. The van der Waals surface area contributed by atoms with Crippen molar-refractivity contribution < 1.29 is 19.1 Å². The molecular formula is C22H27N5O4S. The largest absolute Gasteiger partial charge is 0.471 e. The summed E-state index contributed by atoms with van der Waals surface area (Å²) in [5, 5.41) is 5.73. The van der Waals surface area contributed by atoms with Crippen LogP contribution in [0.5, 0.6) is 5.88 Å². The van der Waals surface area contributed by atoms with Crippen LogP contribution in [0.4, 0.5) is 9.93 Å². The Kier molecular flexibility index (Phi) is 5.50. The lowest BCUT2D eigenvalue weighted by atomic mass is 10.1. The molecule has 1 saturated carbocycles. The minimum atomic E-state index is -0.326. The van der Waals surface area contributed by atoms with E-state index in [1.807, 2.05) is 17.9 Å². The van der Waals surface area contributed by atoms with Crippen LogP contribution in [0.25, 0.3) is 10.6 Å². The van der Waals surface area contributed by atoms with Crippen molar-refractivity contribution in [2.75, 3.05) is 25.6 Å². The standard InChI is InChI=1S/C22H27N5O4S/c1-11-18(32-22(24-11)26-21(29)23-3)16-8-14-9-27(12(2)13-4-5-13)20(28)17(14)19(25-16)31-15-6-7-30-10-15/h8,12-13,15H,4-7,9-10H2,1-3H3,(H2,23,24,26,29)/t12-,15?/m0/s1. The van der Waals surface area contributed by atoms with Crippen molar-refractivity contribution >= 4 is 28.4 Å². The number of ether oxygens (including phenoxy) is 2. The Hall–Kier alpha value is -2.72. The quantitative estimate of drug-likeness (QED) is 0.690. The maximum atomic E-state index is 13.3. The molecule has 32 heavy (non-hydrogen) atoms. The summed E-state index contributed by atoms with van der Waals surface area (Å²) in [5.74, 6) is 0.947. The molecule has 2 fully saturated rings. The number of hydrogen-bond acceptors (Lipinski definition) is 7. The normalized spacial score (nSPS) is 20.9. The molecule has 9 nitrogen and oxygen atoms in total. The average Bonchev–Trinajstić information content (AvgIpc) is 3.23. The number of anilines is 1. The first-order valence-corrected chi connectivity index (χ1v) is 11.8. The molecule has 10 heteroatoms. The van der Waals surface area contributed by atoms with E-state index in [-0.39, 0.29) is 24.1 Å². The number of carbonyl (C=O) groups excluding carboxylic acids is 2. The molecule has 170 valence electrons. The summed E-state index contributed by atoms with van der Waals surface area (Å²) in [6, 6.07) is 1.84. The van der Waals surface area contributed by atoms with Crippen LogP contribution < -0.4 is 15.4 Å². The molecule has 3 aliphatic rings. The number of amides is 3. The van der Waals surface area contributed by atoms with Gasteiger partial charge in [0.05, 0.1) is 29.5 Å². The molecule has 2 aromatic heterocycles. The van der Waals surface area contributed by atoms with Crippen molar-refractivity contribution in [2.24, 2.45) is 5.92 Å². The molecular weight excluding hydrogens is 430 g/mol. The third kappa shape index (κ3) is 3.93. The second kappa shape index (κ2) is 8.32. The smallest absolute Gasteiger partial charge is 0.320 e. The summed E-state index contributed by atoms with van der Waals surface area (Å²) < 4.78 is 11.7. The van der Waals surface area contributed by atoms with Crippen molar-refractivity contribution in [3.05, 3.63) is 22.9 Å². The topological polar surface area (TPSA) is 106 Å². The number of urea groups is 1. The maximum Gasteiger partial charge on any atom is 0.320 e. The Morgan fingerprint density at radius 2 is 2.16 bits per heavy atom. The predicted molar refractivity (Wildman–Crippen MR) is 120 cm³/mol. The summed E-state index contributed by atoms with van der Waals surface area (Å²) in [7, 11) is 1.56. The first-order chi connectivity index (χ1) is 15.4. The van der Waals surface area contributed by atoms with Crippen LogP contribution in [-0.4, -0.2) is 59.2 Å². The fourth-order valence-corrected chi connectivity index (χ4v) is 5.22. The lowest BCUT2D eigenvalue weighted by Gasteiger charge is -2.24. The van der Waals surface area contributed by atoms with Gasteiger partial charge < -0.3 is 19.7 Å². The predicted octanol–water partition coefficient (Wildman–Crippen LogP) is 3.19. The summed E-state index contributed by atoms with van der Waals surface area (Å²) >= 11 is 1.35. The van der Waals surface area contributed by atoms with Crippen molar-refractivity contribution in [3.8, 4) is 16.5 Å². The fourth-order valence-electron chi connectivity index (χ4n) is 4.30. The molecule has 2 atom stereocenters. The average molecular weight is 458 g/mol. The number of carbonyl (C=O) groups is 2. The van der Waals surface area contributed by atoms with E-state index in [1.54, 1.807) is 7.05 Å². The van der Waals surface area contributed by atoms with Crippen molar-refractivity contribution in [2.45, 2.75) is 51.8 Å². The molecule has 3 amide bonds.